The molecule has 18 heavy (non-hydrogen) atoms. The van der Waals surface area contributed by atoms with Gasteiger partial charge in [-0.25, -0.2) is 0 Å². The van der Waals surface area contributed by atoms with E-state index in [9.17, 15) is 9.90 Å². The van der Waals surface area contributed by atoms with Crippen LogP contribution in [0.1, 0.15) is 51.9 Å². The SMILES string of the molecule is CCNC1(C(=O)O)CCCC1CCOC1CCC1. The lowest BCUT2D eigenvalue weighted by Gasteiger charge is -2.33. The number of rotatable bonds is 7. The van der Waals surface area contributed by atoms with E-state index in [2.05, 4.69) is 5.32 Å². The molecule has 2 saturated carbocycles. The fourth-order valence-electron chi connectivity index (χ4n) is 3.29. The minimum absolute atomic E-state index is 0.218. The van der Waals surface area contributed by atoms with E-state index in [-0.39, 0.29) is 5.92 Å². The summed E-state index contributed by atoms with van der Waals surface area (Å²) in [5.41, 5.74) is -0.697. The molecule has 0 spiro atoms. The molecule has 2 rings (SSSR count). The third kappa shape index (κ3) is 2.69. The normalized spacial score (nSPS) is 32.4. The molecule has 0 aliphatic heterocycles. The maximum atomic E-state index is 11.6. The Kier molecular flexibility index (Phi) is 4.62. The van der Waals surface area contributed by atoms with E-state index < -0.39 is 11.5 Å². The summed E-state index contributed by atoms with van der Waals surface area (Å²) in [6, 6.07) is 0. The quantitative estimate of drug-likeness (QED) is 0.732. The molecular weight excluding hydrogens is 230 g/mol. The molecule has 4 heteroatoms. The molecule has 0 bridgehead atoms. The molecule has 2 unspecified atom stereocenters. The summed E-state index contributed by atoms with van der Waals surface area (Å²) >= 11 is 0. The van der Waals surface area contributed by atoms with Crippen LogP contribution in [-0.2, 0) is 9.53 Å². The number of ether oxygens (including phenoxy) is 1. The average Bonchev–Trinajstić information content (AvgIpc) is 2.67. The standard InChI is InChI=1S/C14H25NO3/c1-2-15-14(13(16)17)9-4-5-11(14)8-10-18-12-6-3-7-12/h11-12,15H,2-10H2,1H3,(H,16,17). The van der Waals surface area contributed by atoms with E-state index in [1.54, 1.807) is 0 Å². The number of hydrogen-bond donors (Lipinski definition) is 2. The first kappa shape index (κ1) is 13.8. The minimum atomic E-state index is -0.697. The van der Waals surface area contributed by atoms with Crippen molar-refractivity contribution in [3.63, 3.8) is 0 Å². The monoisotopic (exact) mass is 255 g/mol. The Morgan fingerprint density at radius 3 is 2.72 bits per heavy atom. The molecule has 2 fully saturated rings. The molecule has 0 heterocycles. The Bertz CT molecular complexity index is 291. The predicted molar refractivity (Wildman–Crippen MR) is 69.6 cm³/mol. The highest BCUT2D eigenvalue weighted by molar-refractivity contribution is 5.79. The van der Waals surface area contributed by atoms with Gasteiger partial charge < -0.3 is 15.2 Å². The van der Waals surface area contributed by atoms with Crippen molar-refractivity contribution >= 4 is 5.97 Å². The summed E-state index contributed by atoms with van der Waals surface area (Å²) in [5.74, 6) is -0.467. The highest BCUT2D eigenvalue weighted by Gasteiger charge is 2.48. The molecule has 2 N–H and O–H groups in total. The highest BCUT2D eigenvalue weighted by Crippen LogP contribution is 2.38. The van der Waals surface area contributed by atoms with Crippen LogP contribution in [0.5, 0.6) is 0 Å². The van der Waals surface area contributed by atoms with Gasteiger partial charge in [0.15, 0.2) is 0 Å². The predicted octanol–water partition coefficient (Wildman–Crippen LogP) is 2.18. The third-order valence-corrected chi connectivity index (χ3v) is 4.57. The van der Waals surface area contributed by atoms with Crippen LogP contribution in [0.15, 0.2) is 0 Å². The minimum Gasteiger partial charge on any atom is -0.480 e. The molecule has 0 saturated heterocycles. The fourth-order valence-corrected chi connectivity index (χ4v) is 3.29. The van der Waals surface area contributed by atoms with Gasteiger partial charge >= 0.3 is 5.97 Å². The molecule has 0 aromatic heterocycles. The van der Waals surface area contributed by atoms with E-state index in [0.717, 1.165) is 32.3 Å². The Morgan fingerprint density at radius 2 is 2.17 bits per heavy atom. The van der Waals surface area contributed by atoms with Crippen molar-refractivity contribution in [2.24, 2.45) is 5.92 Å². The number of aliphatic carboxylic acids is 1. The molecule has 0 radical (unpaired) electrons. The van der Waals surface area contributed by atoms with Crippen molar-refractivity contribution in [3.8, 4) is 0 Å². The van der Waals surface area contributed by atoms with Crippen molar-refractivity contribution in [2.75, 3.05) is 13.2 Å². The Morgan fingerprint density at radius 1 is 1.39 bits per heavy atom. The molecule has 2 atom stereocenters. The second-order valence-corrected chi connectivity index (χ2v) is 5.61. The van der Waals surface area contributed by atoms with Gasteiger partial charge in [0.25, 0.3) is 0 Å². The van der Waals surface area contributed by atoms with Crippen LogP contribution in [0.2, 0.25) is 0 Å². The number of nitrogens with one attached hydrogen (secondary N) is 1. The van der Waals surface area contributed by atoms with Crippen LogP contribution in [0, 0.1) is 5.92 Å². The summed E-state index contributed by atoms with van der Waals surface area (Å²) in [7, 11) is 0. The zero-order chi connectivity index (χ0) is 13.0. The first-order chi connectivity index (χ1) is 8.69. The van der Waals surface area contributed by atoms with Crippen molar-refractivity contribution in [2.45, 2.75) is 63.5 Å². The largest absolute Gasteiger partial charge is 0.480 e. The second kappa shape index (κ2) is 6.02. The van der Waals surface area contributed by atoms with Crippen LogP contribution in [0.4, 0.5) is 0 Å². The zero-order valence-corrected chi connectivity index (χ0v) is 11.3. The van der Waals surface area contributed by atoms with Gasteiger partial charge in [-0.05, 0) is 51.0 Å². The third-order valence-electron chi connectivity index (χ3n) is 4.57. The van der Waals surface area contributed by atoms with Crippen LogP contribution in [0.3, 0.4) is 0 Å². The maximum Gasteiger partial charge on any atom is 0.324 e. The number of carbonyl (C=O) groups is 1. The summed E-state index contributed by atoms with van der Waals surface area (Å²) < 4.78 is 5.77. The van der Waals surface area contributed by atoms with Gasteiger partial charge in [0.1, 0.15) is 5.54 Å². The van der Waals surface area contributed by atoms with E-state index in [4.69, 9.17) is 4.74 Å². The highest BCUT2D eigenvalue weighted by atomic mass is 16.5. The van der Waals surface area contributed by atoms with E-state index in [1.165, 1.54) is 19.3 Å². The molecule has 4 nitrogen and oxygen atoms in total. The van der Waals surface area contributed by atoms with Gasteiger partial charge in [0, 0.05) is 6.61 Å². The van der Waals surface area contributed by atoms with Crippen molar-refractivity contribution in [3.05, 3.63) is 0 Å². The molecule has 104 valence electrons. The molecular formula is C14H25NO3. The molecule has 0 aromatic carbocycles. The molecule has 2 aliphatic carbocycles. The van der Waals surface area contributed by atoms with E-state index in [1.807, 2.05) is 6.92 Å². The van der Waals surface area contributed by atoms with Crippen LogP contribution in [-0.4, -0.2) is 35.9 Å². The van der Waals surface area contributed by atoms with Gasteiger partial charge in [-0.3, -0.25) is 4.79 Å². The summed E-state index contributed by atoms with van der Waals surface area (Å²) in [6.07, 6.45) is 7.74. The number of likely N-dealkylation sites (N-methyl/N-ethyl adjacent to an activating group) is 1. The van der Waals surface area contributed by atoms with Crippen LogP contribution in [0.25, 0.3) is 0 Å². The molecule has 0 amide bonds. The first-order valence-electron chi connectivity index (χ1n) is 7.29. The van der Waals surface area contributed by atoms with Gasteiger partial charge in [0.05, 0.1) is 6.10 Å². The summed E-state index contributed by atoms with van der Waals surface area (Å²) in [4.78, 5) is 11.6. The Hall–Kier alpha value is -0.610. The topological polar surface area (TPSA) is 58.6 Å². The Labute approximate surface area is 109 Å². The first-order valence-corrected chi connectivity index (χ1v) is 7.29. The summed E-state index contributed by atoms with van der Waals surface area (Å²) in [6.45, 7) is 3.41. The van der Waals surface area contributed by atoms with Crippen LogP contribution < -0.4 is 5.32 Å². The lowest BCUT2D eigenvalue weighted by Crippen LogP contribution is -2.55. The lowest BCUT2D eigenvalue weighted by atomic mass is 9.84. The van der Waals surface area contributed by atoms with Crippen molar-refractivity contribution in [1.82, 2.24) is 5.32 Å². The van der Waals surface area contributed by atoms with Gasteiger partial charge in [0.2, 0.25) is 0 Å². The fraction of sp³-hybridized carbons (Fsp3) is 0.929. The maximum absolute atomic E-state index is 11.6. The second-order valence-electron chi connectivity index (χ2n) is 5.61. The number of hydrogen-bond acceptors (Lipinski definition) is 3. The van der Waals surface area contributed by atoms with Gasteiger partial charge in [-0.2, -0.15) is 0 Å². The average molecular weight is 255 g/mol. The van der Waals surface area contributed by atoms with E-state index in [0.29, 0.717) is 12.6 Å². The molecule has 0 aromatic rings. The van der Waals surface area contributed by atoms with Crippen molar-refractivity contribution < 1.29 is 14.6 Å². The number of carboxylic acid groups (broad SMARTS) is 1. The Balaban J connectivity index is 1.85. The summed E-state index contributed by atoms with van der Waals surface area (Å²) in [5, 5.41) is 12.7. The molecule has 2 aliphatic rings. The number of carboxylic acids is 1. The lowest BCUT2D eigenvalue weighted by molar-refractivity contribution is -0.147. The van der Waals surface area contributed by atoms with Gasteiger partial charge in [-0.15, -0.1) is 0 Å². The van der Waals surface area contributed by atoms with Crippen LogP contribution >= 0.6 is 0 Å². The van der Waals surface area contributed by atoms with Crippen molar-refractivity contribution in [1.29, 1.82) is 0 Å². The smallest absolute Gasteiger partial charge is 0.324 e. The zero-order valence-electron chi connectivity index (χ0n) is 11.3. The van der Waals surface area contributed by atoms with Gasteiger partial charge in [-0.1, -0.05) is 13.3 Å². The van der Waals surface area contributed by atoms with E-state index >= 15 is 0 Å².